The molecule has 0 saturated heterocycles. The SMILES string of the molecule is CCc1ccc(CNCc2cccc(NC(=O)C(C)C)c2)o1. The quantitative estimate of drug-likeness (QED) is 0.819. The second-order valence-electron chi connectivity index (χ2n) is 5.67. The minimum atomic E-state index is -0.0199. The maximum absolute atomic E-state index is 11.7. The lowest BCUT2D eigenvalue weighted by atomic mass is 10.1. The molecule has 0 atom stereocenters. The van der Waals surface area contributed by atoms with Crippen LogP contribution in [0.5, 0.6) is 0 Å². The predicted octanol–water partition coefficient (Wildman–Crippen LogP) is 3.73. The predicted molar refractivity (Wildman–Crippen MR) is 88.5 cm³/mol. The molecule has 22 heavy (non-hydrogen) atoms. The van der Waals surface area contributed by atoms with E-state index in [4.69, 9.17) is 4.42 Å². The largest absolute Gasteiger partial charge is 0.465 e. The third-order valence-electron chi connectivity index (χ3n) is 3.41. The standard InChI is InChI=1S/C18H24N2O2/c1-4-16-8-9-17(22-16)12-19-11-14-6-5-7-15(10-14)20-18(21)13(2)3/h5-10,13,19H,4,11-12H2,1-3H3,(H,20,21). The summed E-state index contributed by atoms with van der Waals surface area (Å²) in [4.78, 5) is 11.7. The van der Waals surface area contributed by atoms with Crippen LogP contribution in [0.2, 0.25) is 0 Å². The Balaban J connectivity index is 1.86. The van der Waals surface area contributed by atoms with Crippen molar-refractivity contribution >= 4 is 11.6 Å². The van der Waals surface area contributed by atoms with E-state index in [0.29, 0.717) is 6.54 Å². The first kappa shape index (κ1) is 16.3. The van der Waals surface area contributed by atoms with E-state index in [1.807, 2.05) is 50.2 Å². The molecule has 1 aromatic heterocycles. The summed E-state index contributed by atoms with van der Waals surface area (Å²) in [6, 6.07) is 11.9. The van der Waals surface area contributed by atoms with Gasteiger partial charge in [-0.15, -0.1) is 0 Å². The molecular weight excluding hydrogens is 276 g/mol. The molecule has 4 nitrogen and oxygen atoms in total. The van der Waals surface area contributed by atoms with Crippen LogP contribution in [0.15, 0.2) is 40.8 Å². The van der Waals surface area contributed by atoms with Gasteiger partial charge in [-0.25, -0.2) is 0 Å². The van der Waals surface area contributed by atoms with E-state index in [1.165, 1.54) is 0 Å². The summed E-state index contributed by atoms with van der Waals surface area (Å²) in [5.41, 5.74) is 1.97. The monoisotopic (exact) mass is 300 g/mol. The minimum Gasteiger partial charge on any atom is -0.465 e. The van der Waals surface area contributed by atoms with Crippen LogP contribution in [-0.4, -0.2) is 5.91 Å². The number of hydrogen-bond acceptors (Lipinski definition) is 3. The zero-order valence-electron chi connectivity index (χ0n) is 13.5. The lowest BCUT2D eigenvalue weighted by Gasteiger charge is -2.09. The fourth-order valence-corrected chi connectivity index (χ4v) is 2.08. The molecule has 0 spiro atoms. The Morgan fingerprint density at radius 3 is 2.59 bits per heavy atom. The number of furan rings is 1. The molecule has 0 aliphatic heterocycles. The topological polar surface area (TPSA) is 54.3 Å². The maximum atomic E-state index is 11.7. The van der Waals surface area contributed by atoms with E-state index >= 15 is 0 Å². The average molecular weight is 300 g/mol. The summed E-state index contributed by atoms with van der Waals surface area (Å²) in [5, 5.41) is 6.27. The fraction of sp³-hybridized carbons (Fsp3) is 0.389. The van der Waals surface area contributed by atoms with Crippen LogP contribution in [0, 0.1) is 5.92 Å². The van der Waals surface area contributed by atoms with Crippen LogP contribution in [0.25, 0.3) is 0 Å². The van der Waals surface area contributed by atoms with Gasteiger partial charge in [-0.1, -0.05) is 32.9 Å². The minimum absolute atomic E-state index is 0.0199. The molecule has 0 aliphatic carbocycles. The van der Waals surface area contributed by atoms with Gasteiger partial charge in [-0.2, -0.15) is 0 Å². The molecule has 2 N–H and O–H groups in total. The molecule has 118 valence electrons. The number of rotatable bonds is 7. The number of carbonyl (C=O) groups excluding carboxylic acids is 1. The van der Waals surface area contributed by atoms with Crippen molar-refractivity contribution in [2.24, 2.45) is 5.92 Å². The number of nitrogens with one attached hydrogen (secondary N) is 2. The third-order valence-corrected chi connectivity index (χ3v) is 3.41. The highest BCUT2D eigenvalue weighted by Gasteiger charge is 2.07. The van der Waals surface area contributed by atoms with Gasteiger partial charge in [0, 0.05) is 24.6 Å². The van der Waals surface area contributed by atoms with Crippen LogP contribution in [0.3, 0.4) is 0 Å². The van der Waals surface area contributed by atoms with Crippen LogP contribution in [0.1, 0.15) is 37.9 Å². The molecule has 0 aliphatic rings. The van der Waals surface area contributed by atoms with Gasteiger partial charge in [-0.3, -0.25) is 4.79 Å². The summed E-state index contributed by atoms with van der Waals surface area (Å²) in [5.74, 6) is 1.97. The second kappa shape index (κ2) is 7.80. The Morgan fingerprint density at radius 2 is 1.91 bits per heavy atom. The van der Waals surface area contributed by atoms with Crippen molar-refractivity contribution in [2.45, 2.75) is 40.3 Å². The highest BCUT2D eigenvalue weighted by atomic mass is 16.3. The van der Waals surface area contributed by atoms with E-state index in [2.05, 4.69) is 17.6 Å². The van der Waals surface area contributed by atoms with Crippen molar-refractivity contribution in [3.8, 4) is 0 Å². The smallest absolute Gasteiger partial charge is 0.226 e. The van der Waals surface area contributed by atoms with E-state index in [0.717, 1.165) is 35.7 Å². The molecule has 0 radical (unpaired) electrons. The lowest BCUT2D eigenvalue weighted by Crippen LogP contribution is -2.18. The Hall–Kier alpha value is -2.07. The van der Waals surface area contributed by atoms with Gasteiger partial charge in [0.1, 0.15) is 11.5 Å². The zero-order chi connectivity index (χ0) is 15.9. The Morgan fingerprint density at radius 1 is 1.14 bits per heavy atom. The summed E-state index contributed by atoms with van der Waals surface area (Å²) >= 11 is 0. The van der Waals surface area contributed by atoms with Gasteiger partial charge in [0.15, 0.2) is 0 Å². The van der Waals surface area contributed by atoms with Crippen molar-refractivity contribution < 1.29 is 9.21 Å². The molecule has 1 heterocycles. The molecule has 1 amide bonds. The molecular formula is C18H24N2O2. The summed E-state index contributed by atoms with van der Waals surface area (Å²) < 4.78 is 5.65. The molecule has 2 rings (SSSR count). The number of anilines is 1. The van der Waals surface area contributed by atoms with Gasteiger partial charge in [-0.05, 0) is 29.8 Å². The first-order valence-electron chi connectivity index (χ1n) is 7.76. The van der Waals surface area contributed by atoms with Crippen LogP contribution >= 0.6 is 0 Å². The maximum Gasteiger partial charge on any atom is 0.226 e. The van der Waals surface area contributed by atoms with E-state index in [1.54, 1.807) is 0 Å². The number of hydrogen-bond donors (Lipinski definition) is 2. The van der Waals surface area contributed by atoms with Gasteiger partial charge in [0.05, 0.1) is 6.54 Å². The number of carbonyl (C=O) groups is 1. The second-order valence-corrected chi connectivity index (χ2v) is 5.67. The van der Waals surface area contributed by atoms with Crippen LogP contribution in [-0.2, 0) is 24.3 Å². The molecule has 4 heteroatoms. The molecule has 0 bridgehead atoms. The third kappa shape index (κ3) is 4.74. The first-order chi connectivity index (χ1) is 10.6. The van der Waals surface area contributed by atoms with Crippen LogP contribution in [0.4, 0.5) is 5.69 Å². The average Bonchev–Trinajstić information content (AvgIpc) is 2.95. The van der Waals surface area contributed by atoms with Gasteiger partial charge >= 0.3 is 0 Å². The summed E-state index contributed by atoms with van der Waals surface area (Å²) in [6.07, 6.45) is 0.914. The molecule has 0 saturated carbocycles. The highest BCUT2D eigenvalue weighted by molar-refractivity contribution is 5.92. The van der Waals surface area contributed by atoms with E-state index < -0.39 is 0 Å². The molecule has 1 aromatic carbocycles. The Kier molecular flexibility index (Phi) is 5.78. The molecule has 0 unspecified atom stereocenters. The number of amides is 1. The molecule has 0 fully saturated rings. The van der Waals surface area contributed by atoms with Crippen molar-refractivity contribution in [1.29, 1.82) is 0 Å². The summed E-state index contributed by atoms with van der Waals surface area (Å²) in [7, 11) is 0. The van der Waals surface area contributed by atoms with Gasteiger partial charge < -0.3 is 15.1 Å². The Labute approximate surface area is 131 Å². The number of benzene rings is 1. The number of aryl methyl sites for hydroxylation is 1. The highest BCUT2D eigenvalue weighted by Crippen LogP contribution is 2.13. The van der Waals surface area contributed by atoms with Crippen molar-refractivity contribution in [3.05, 3.63) is 53.5 Å². The van der Waals surface area contributed by atoms with E-state index in [9.17, 15) is 4.79 Å². The normalized spacial score (nSPS) is 10.9. The molecule has 2 aromatic rings. The Bertz CT molecular complexity index is 617. The summed E-state index contributed by atoms with van der Waals surface area (Å²) in [6.45, 7) is 7.27. The first-order valence-corrected chi connectivity index (χ1v) is 7.76. The lowest BCUT2D eigenvalue weighted by molar-refractivity contribution is -0.118. The van der Waals surface area contributed by atoms with Crippen LogP contribution < -0.4 is 10.6 Å². The zero-order valence-corrected chi connectivity index (χ0v) is 13.5. The van der Waals surface area contributed by atoms with Gasteiger partial charge in [0.25, 0.3) is 0 Å². The fourth-order valence-electron chi connectivity index (χ4n) is 2.08. The van der Waals surface area contributed by atoms with Crippen molar-refractivity contribution in [1.82, 2.24) is 5.32 Å². The van der Waals surface area contributed by atoms with Crippen molar-refractivity contribution in [2.75, 3.05) is 5.32 Å². The van der Waals surface area contributed by atoms with Gasteiger partial charge in [0.2, 0.25) is 5.91 Å². The van der Waals surface area contributed by atoms with E-state index in [-0.39, 0.29) is 11.8 Å². The van der Waals surface area contributed by atoms with Crippen molar-refractivity contribution in [3.63, 3.8) is 0 Å².